The van der Waals surface area contributed by atoms with Crippen molar-refractivity contribution in [1.82, 2.24) is 0 Å². The molecule has 0 radical (unpaired) electrons. The van der Waals surface area contributed by atoms with Gasteiger partial charge in [-0.15, -0.1) is 0 Å². The molecule has 1 aromatic rings. The maximum absolute atomic E-state index is 11.8. The monoisotopic (exact) mass is 382 g/mol. The van der Waals surface area contributed by atoms with E-state index >= 15 is 0 Å². The van der Waals surface area contributed by atoms with Gasteiger partial charge in [0, 0.05) is 0 Å². The molecule has 0 aromatic heterocycles. The predicted octanol–water partition coefficient (Wildman–Crippen LogP) is 3.98. The van der Waals surface area contributed by atoms with Crippen LogP contribution >= 0.6 is 31.0 Å². The van der Waals surface area contributed by atoms with E-state index in [4.69, 9.17) is 35.7 Å². The average molecular weight is 383 g/mol. The molecule has 1 rings (SSSR count). The van der Waals surface area contributed by atoms with E-state index in [2.05, 4.69) is 0 Å². The number of hydrogen-bond acceptors (Lipinski definition) is 2. The summed E-state index contributed by atoms with van der Waals surface area (Å²) in [5.41, 5.74) is 1.06. The standard InChI is InChI=1S/C11H11ClO2.2ClH.Ru/c1-7(2)14-11(13)10-5-4-9(12)6-8(10)3;;;/h3-7H,1-2H3;2*1H;/q;;;+2/p-2. The summed E-state index contributed by atoms with van der Waals surface area (Å²) in [7, 11) is 11.6. The molecule has 1 aromatic carbocycles. The molecule has 96 valence electrons. The summed E-state index contributed by atoms with van der Waals surface area (Å²) in [6, 6.07) is 4.91. The van der Waals surface area contributed by atoms with Gasteiger partial charge in [-0.2, -0.15) is 0 Å². The van der Waals surface area contributed by atoms with Crippen molar-refractivity contribution in [2.75, 3.05) is 0 Å². The van der Waals surface area contributed by atoms with Crippen LogP contribution in [0.15, 0.2) is 18.2 Å². The molecule has 6 heteroatoms. The van der Waals surface area contributed by atoms with E-state index in [0.29, 0.717) is 16.1 Å². The Kier molecular flexibility index (Phi) is 6.08. The maximum atomic E-state index is 11.8. The molecule has 2 nitrogen and oxygen atoms in total. The quantitative estimate of drug-likeness (QED) is 0.584. The third-order valence-corrected chi connectivity index (χ3v) is 3.83. The van der Waals surface area contributed by atoms with E-state index in [9.17, 15) is 4.79 Å². The fourth-order valence-electron chi connectivity index (χ4n) is 1.16. The first-order valence-electron chi connectivity index (χ1n) is 4.74. The van der Waals surface area contributed by atoms with E-state index in [-0.39, 0.29) is 6.10 Å². The molecule has 0 heterocycles. The molecule has 17 heavy (non-hydrogen) atoms. The van der Waals surface area contributed by atoms with Crippen LogP contribution in [0.2, 0.25) is 5.02 Å². The Balaban J connectivity index is 3.14. The average Bonchev–Trinajstić information content (AvgIpc) is 2.15. The zero-order chi connectivity index (χ0) is 13.0. The van der Waals surface area contributed by atoms with Crippen molar-refractivity contribution in [2.45, 2.75) is 20.0 Å². The Bertz CT molecular complexity index is 454. The minimum atomic E-state index is -2.01. The summed E-state index contributed by atoms with van der Waals surface area (Å²) < 4.78 is 6.80. The van der Waals surface area contributed by atoms with Crippen LogP contribution < -0.4 is 0 Å². The molecule has 0 aliphatic heterocycles. The Morgan fingerprint density at radius 2 is 2.06 bits per heavy atom. The molecule has 0 unspecified atom stereocenters. The van der Waals surface area contributed by atoms with Gasteiger partial charge in [-0.25, -0.2) is 0 Å². The summed E-state index contributed by atoms with van der Waals surface area (Å²) in [6.07, 6.45) is -0.175. The van der Waals surface area contributed by atoms with Crippen LogP contribution in [0.3, 0.4) is 0 Å². The first-order valence-corrected chi connectivity index (χ1v) is 10.6. The molecule has 0 N–H and O–H groups in total. The van der Waals surface area contributed by atoms with Crippen molar-refractivity contribution in [3.8, 4) is 0 Å². The number of carbonyl (C=O) groups excluding carboxylic acids is 1. The van der Waals surface area contributed by atoms with Crippen LogP contribution in [-0.2, 0) is 18.3 Å². The van der Waals surface area contributed by atoms with E-state index < -0.39 is 19.5 Å². The normalized spacial score (nSPS) is 11.3. The van der Waals surface area contributed by atoms with Crippen molar-refractivity contribution in [1.29, 1.82) is 0 Å². The number of carbonyl (C=O) groups is 1. The summed E-state index contributed by atoms with van der Waals surface area (Å²) in [4.78, 5) is 11.8. The minimum absolute atomic E-state index is 0.175. The number of esters is 1. The van der Waals surface area contributed by atoms with Gasteiger partial charge in [0.25, 0.3) is 0 Å². The molecule has 0 aliphatic rings. The van der Waals surface area contributed by atoms with Crippen molar-refractivity contribution in [3.63, 3.8) is 0 Å². The summed E-state index contributed by atoms with van der Waals surface area (Å²) in [5.74, 6) is -0.397. The number of halogens is 3. The Labute approximate surface area is 118 Å². The fraction of sp³-hybridized carbons (Fsp3) is 0.273. The molecule has 0 amide bonds. The molecular weight excluding hydrogens is 372 g/mol. The van der Waals surface area contributed by atoms with Gasteiger partial charge >= 0.3 is 119 Å². The topological polar surface area (TPSA) is 26.3 Å². The van der Waals surface area contributed by atoms with Crippen LogP contribution in [0.25, 0.3) is 0 Å². The zero-order valence-corrected chi connectivity index (χ0v) is 13.2. The molecule has 0 spiro atoms. The number of rotatable bonds is 3. The number of ether oxygens (including phenoxy) is 1. The Hall–Kier alpha value is 0.0534. The van der Waals surface area contributed by atoms with Gasteiger partial charge in [-0.3, -0.25) is 0 Å². The van der Waals surface area contributed by atoms with Crippen molar-refractivity contribution >= 4 is 41.6 Å². The van der Waals surface area contributed by atoms with Crippen LogP contribution in [0.5, 0.6) is 0 Å². The zero-order valence-electron chi connectivity index (χ0n) is 9.19. The van der Waals surface area contributed by atoms with E-state index in [0.717, 1.165) is 0 Å². The molecule has 0 aliphatic carbocycles. The summed E-state index contributed by atoms with van der Waals surface area (Å²) >= 11 is 3.86. The first-order chi connectivity index (χ1) is 7.90. The molecule has 0 bridgehead atoms. The van der Waals surface area contributed by atoms with Crippen molar-refractivity contribution in [3.05, 3.63) is 34.3 Å². The van der Waals surface area contributed by atoms with Crippen molar-refractivity contribution < 1.29 is 23.0 Å². The third-order valence-electron chi connectivity index (χ3n) is 1.76. The first kappa shape index (κ1) is 15.1. The second-order valence-electron chi connectivity index (χ2n) is 3.49. The van der Waals surface area contributed by atoms with Gasteiger partial charge in [-0.1, -0.05) is 0 Å². The predicted molar refractivity (Wildman–Crippen MR) is 68.9 cm³/mol. The van der Waals surface area contributed by atoms with Gasteiger partial charge in [0.05, 0.1) is 0 Å². The van der Waals surface area contributed by atoms with Crippen LogP contribution in [0, 0.1) is 0 Å². The molecular formula is C11H11Cl3O2Ru. The second kappa shape index (κ2) is 6.84. The van der Waals surface area contributed by atoms with E-state index in [1.165, 1.54) is 0 Å². The van der Waals surface area contributed by atoms with Gasteiger partial charge in [0.15, 0.2) is 0 Å². The van der Waals surface area contributed by atoms with Gasteiger partial charge < -0.3 is 0 Å². The summed E-state index contributed by atoms with van der Waals surface area (Å²) in [6.45, 7) is 3.58. The number of hydrogen-bond donors (Lipinski definition) is 0. The SMILES string of the molecule is CC(C)OC(=O)c1ccc(Cl)cc1[CH]=[Ru]([Cl])[Cl]. The van der Waals surface area contributed by atoms with Crippen molar-refractivity contribution in [2.24, 2.45) is 0 Å². The number of benzene rings is 1. The van der Waals surface area contributed by atoms with E-state index in [1.807, 2.05) is 0 Å². The van der Waals surface area contributed by atoms with Gasteiger partial charge in [0.1, 0.15) is 0 Å². The molecule has 0 saturated carbocycles. The second-order valence-corrected chi connectivity index (χ2v) is 9.65. The van der Waals surface area contributed by atoms with Crippen LogP contribution in [0.1, 0.15) is 29.8 Å². The Morgan fingerprint density at radius 3 is 2.59 bits per heavy atom. The molecule has 0 saturated heterocycles. The van der Waals surface area contributed by atoms with E-state index in [1.54, 1.807) is 36.7 Å². The molecule has 0 atom stereocenters. The van der Waals surface area contributed by atoms with Gasteiger partial charge in [-0.05, 0) is 0 Å². The summed E-state index contributed by atoms with van der Waals surface area (Å²) in [5, 5.41) is 0.529. The van der Waals surface area contributed by atoms with Crippen LogP contribution in [0.4, 0.5) is 0 Å². The fourth-order valence-corrected chi connectivity index (χ4v) is 3.15. The third kappa shape index (κ3) is 5.05. The van der Waals surface area contributed by atoms with Crippen LogP contribution in [-0.4, -0.2) is 16.7 Å². The molecule has 0 fully saturated rings. The Morgan fingerprint density at radius 1 is 1.41 bits per heavy atom. The van der Waals surface area contributed by atoms with Gasteiger partial charge in [0.2, 0.25) is 0 Å².